The van der Waals surface area contributed by atoms with Gasteiger partial charge in [0.2, 0.25) is 11.8 Å². The Balaban J connectivity index is 2.34. The van der Waals surface area contributed by atoms with Crippen molar-refractivity contribution in [3.8, 4) is 11.6 Å². The summed E-state index contributed by atoms with van der Waals surface area (Å²) in [7, 11) is 0. The lowest BCUT2D eigenvalue weighted by Crippen LogP contribution is -1.99. The van der Waals surface area contributed by atoms with Gasteiger partial charge in [0.05, 0.1) is 0 Å². The molecule has 1 aromatic carbocycles. The fourth-order valence-electron chi connectivity index (χ4n) is 1.42. The lowest BCUT2D eigenvalue weighted by molar-refractivity contribution is 0.426. The number of nitrogens with two attached hydrogens (primary N) is 1. The Labute approximate surface area is 98.3 Å². The Morgan fingerprint density at radius 2 is 1.94 bits per heavy atom. The molecule has 0 bridgehead atoms. The molecule has 0 unspecified atom stereocenters. The highest BCUT2D eigenvalue weighted by atomic mass is 19.1. The minimum absolute atomic E-state index is 0.105. The minimum atomic E-state index is -0.439. The number of ether oxygens (including phenoxy) is 1. The third-order valence-electron chi connectivity index (χ3n) is 2.15. The second-order valence-electron chi connectivity index (χ2n) is 3.74. The Kier molecular flexibility index (Phi) is 2.91. The molecule has 88 valence electrons. The molecule has 0 amide bonds. The maximum absolute atomic E-state index is 13.5. The molecule has 2 rings (SSSR count). The zero-order valence-electron chi connectivity index (χ0n) is 9.57. The van der Waals surface area contributed by atoms with E-state index in [4.69, 9.17) is 10.5 Å². The standard InChI is InChI=1S/C12H12FN3O/c1-7-3-4-9(13)10(5-7)17-11-6-8(2)15-12(14)16-11/h3-6H,1-2H3,(H2,14,15,16). The van der Waals surface area contributed by atoms with Crippen molar-refractivity contribution in [2.75, 3.05) is 5.73 Å². The lowest BCUT2D eigenvalue weighted by Gasteiger charge is -2.07. The maximum Gasteiger partial charge on any atom is 0.224 e. The van der Waals surface area contributed by atoms with E-state index in [1.807, 2.05) is 6.92 Å². The van der Waals surface area contributed by atoms with E-state index < -0.39 is 5.82 Å². The van der Waals surface area contributed by atoms with Crippen LogP contribution in [0.2, 0.25) is 0 Å². The van der Waals surface area contributed by atoms with Gasteiger partial charge >= 0.3 is 0 Å². The van der Waals surface area contributed by atoms with E-state index in [-0.39, 0.29) is 17.6 Å². The molecule has 0 saturated carbocycles. The fraction of sp³-hybridized carbons (Fsp3) is 0.167. The van der Waals surface area contributed by atoms with Crippen LogP contribution in [0.1, 0.15) is 11.3 Å². The van der Waals surface area contributed by atoms with Crippen LogP contribution >= 0.6 is 0 Å². The molecule has 5 heteroatoms. The SMILES string of the molecule is Cc1ccc(F)c(Oc2cc(C)nc(N)n2)c1. The highest BCUT2D eigenvalue weighted by molar-refractivity contribution is 5.34. The Morgan fingerprint density at radius 1 is 1.18 bits per heavy atom. The summed E-state index contributed by atoms with van der Waals surface area (Å²) in [6, 6.07) is 6.21. The summed E-state index contributed by atoms with van der Waals surface area (Å²) in [5, 5.41) is 0. The first kappa shape index (κ1) is 11.3. The van der Waals surface area contributed by atoms with E-state index in [9.17, 15) is 4.39 Å². The molecule has 0 saturated heterocycles. The summed E-state index contributed by atoms with van der Waals surface area (Å²) in [6.45, 7) is 3.61. The number of aryl methyl sites for hydroxylation is 2. The van der Waals surface area contributed by atoms with Crippen molar-refractivity contribution in [3.05, 3.63) is 41.3 Å². The van der Waals surface area contributed by atoms with E-state index in [2.05, 4.69) is 9.97 Å². The molecule has 0 spiro atoms. The van der Waals surface area contributed by atoms with Gasteiger partial charge in [0.25, 0.3) is 0 Å². The summed E-state index contributed by atoms with van der Waals surface area (Å²) < 4.78 is 18.8. The second kappa shape index (κ2) is 4.37. The molecule has 0 radical (unpaired) electrons. The first-order chi connectivity index (χ1) is 8.04. The third kappa shape index (κ3) is 2.69. The van der Waals surface area contributed by atoms with Crippen LogP contribution < -0.4 is 10.5 Å². The van der Waals surface area contributed by atoms with Gasteiger partial charge < -0.3 is 10.5 Å². The van der Waals surface area contributed by atoms with Gasteiger partial charge in [0, 0.05) is 11.8 Å². The number of nitrogen functional groups attached to an aromatic ring is 1. The molecule has 1 heterocycles. The zero-order chi connectivity index (χ0) is 12.4. The molecule has 0 aliphatic carbocycles. The number of benzene rings is 1. The van der Waals surface area contributed by atoms with E-state index in [0.29, 0.717) is 5.69 Å². The van der Waals surface area contributed by atoms with Gasteiger partial charge in [-0.05, 0) is 31.5 Å². The topological polar surface area (TPSA) is 61.0 Å². The van der Waals surface area contributed by atoms with Gasteiger partial charge in [-0.25, -0.2) is 9.37 Å². The average molecular weight is 233 g/mol. The van der Waals surface area contributed by atoms with E-state index in [0.717, 1.165) is 5.56 Å². The summed E-state index contributed by atoms with van der Waals surface area (Å²) in [5.41, 5.74) is 7.06. The van der Waals surface area contributed by atoms with E-state index in [1.165, 1.54) is 6.07 Å². The lowest BCUT2D eigenvalue weighted by atomic mass is 10.2. The molecule has 2 N–H and O–H groups in total. The Hall–Kier alpha value is -2.17. The number of hydrogen-bond donors (Lipinski definition) is 1. The summed E-state index contributed by atoms with van der Waals surface area (Å²) >= 11 is 0. The number of nitrogens with zero attached hydrogens (tertiary/aromatic N) is 2. The van der Waals surface area contributed by atoms with Crippen molar-refractivity contribution >= 4 is 5.95 Å². The summed E-state index contributed by atoms with van der Waals surface area (Å²) in [6.07, 6.45) is 0. The van der Waals surface area contributed by atoms with Crippen LogP contribution in [0.4, 0.5) is 10.3 Å². The molecule has 0 atom stereocenters. The predicted octanol–water partition coefficient (Wildman–Crippen LogP) is 2.61. The van der Waals surface area contributed by atoms with Gasteiger partial charge in [0.15, 0.2) is 11.6 Å². The summed E-state index contributed by atoms with van der Waals surface area (Å²) in [5.74, 6) is 0.0282. The first-order valence-electron chi connectivity index (χ1n) is 5.10. The molecule has 0 fully saturated rings. The zero-order valence-corrected chi connectivity index (χ0v) is 9.57. The highest BCUT2D eigenvalue weighted by Crippen LogP contribution is 2.24. The van der Waals surface area contributed by atoms with Gasteiger partial charge in [-0.2, -0.15) is 4.98 Å². The van der Waals surface area contributed by atoms with Crippen molar-refractivity contribution in [2.24, 2.45) is 0 Å². The van der Waals surface area contributed by atoms with Crippen molar-refractivity contribution in [1.29, 1.82) is 0 Å². The third-order valence-corrected chi connectivity index (χ3v) is 2.15. The predicted molar refractivity (Wildman–Crippen MR) is 62.4 cm³/mol. The highest BCUT2D eigenvalue weighted by Gasteiger charge is 2.07. The van der Waals surface area contributed by atoms with Crippen LogP contribution in [0.5, 0.6) is 11.6 Å². The number of aromatic nitrogens is 2. The smallest absolute Gasteiger partial charge is 0.224 e. The van der Waals surface area contributed by atoms with E-state index >= 15 is 0 Å². The number of halogens is 1. The second-order valence-corrected chi connectivity index (χ2v) is 3.74. The molecular weight excluding hydrogens is 221 g/mol. The van der Waals surface area contributed by atoms with Gasteiger partial charge in [-0.15, -0.1) is 0 Å². The van der Waals surface area contributed by atoms with Gasteiger partial charge in [-0.3, -0.25) is 0 Å². The average Bonchev–Trinajstić information content (AvgIpc) is 2.22. The maximum atomic E-state index is 13.5. The minimum Gasteiger partial charge on any atom is -0.436 e. The van der Waals surface area contributed by atoms with Crippen LogP contribution in [0.3, 0.4) is 0 Å². The molecule has 1 aromatic heterocycles. The number of rotatable bonds is 2. The molecular formula is C12H12FN3O. The number of anilines is 1. The van der Waals surface area contributed by atoms with Crippen molar-refractivity contribution in [2.45, 2.75) is 13.8 Å². The van der Waals surface area contributed by atoms with Crippen LogP contribution in [0, 0.1) is 19.7 Å². The van der Waals surface area contributed by atoms with Crippen molar-refractivity contribution < 1.29 is 9.13 Å². The number of hydrogen-bond acceptors (Lipinski definition) is 4. The quantitative estimate of drug-likeness (QED) is 0.866. The molecule has 17 heavy (non-hydrogen) atoms. The normalized spacial score (nSPS) is 10.3. The molecule has 4 nitrogen and oxygen atoms in total. The van der Waals surface area contributed by atoms with E-state index in [1.54, 1.807) is 25.1 Å². The van der Waals surface area contributed by atoms with Crippen LogP contribution in [-0.4, -0.2) is 9.97 Å². The Morgan fingerprint density at radius 3 is 2.65 bits per heavy atom. The van der Waals surface area contributed by atoms with Crippen molar-refractivity contribution in [1.82, 2.24) is 9.97 Å². The fourth-order valence-corrected chi connectivity index (χ4v) is 1.42. The molecule has 0 aliphatic rings. The Bertz CT molecular complexity index is 537. The van der Waals surface area contributed by atoms with Crippen LogP contribution in [0.25, 0.3) is 0 Å². The van der Waals surface area contributed by atoms with Crippen molar-refractivity contribution in [3.63, 3.8) is 0 Å². The van der Waals surface area contributed by atoms with Gasteiger partial charge in [-0.1, -0.05) is 6.07 Å². The largest absolute Gasteiger partial charge is 0.436 e. The summed E-state index contributed by atoms with van der Waals surface area (Å²) in [4.78, 5) is 7.79. The first-order valence-corrected chi connectivity index (χ1v) is 5.10. The molecule has 0 aliphatic heterocycles. The van der Waals surface area contributed by atoms with Crippen LogP contribution in [-0.2, 0) is 0 Å². The monoisotopic (exact) mass is 233 g/mol. The molecule has 2 aromatic rings. The van der Waals surface area contributed by atoms with Crippen LogP contribution in [0.15, 0.2) is 24.3 Å². The van der Waals surface area contributed by atoms with Gasteiger partial charge in [0.1, 0.15) is 0 Å².